The number of aromatic amines is 1. The highest BCUT2D eigenvalue weighted by atomic mass is 16.4. The van der Waals surface area contributed by atoms with E-state index in [1.54, 1.807) is 10.9 Å². The summed E-state index contributed by atoms with van der Waals surface area (Å²) >= 11 is 0. The minimum atomic E-state index is -1.01. The van der Waals surface area contributed by atoms with Crippen molar-refractivity contribution < 1.29 is 9.90 Å². The number of carbonyl (C=O) groups is 1. The maximum absolute atomic E-state index is 12.2. The number of carboxylic acid groups (broad SMARTS) is 1. The lowest BCUT2D eigenvalue weighted by molar-refractivity contribution is -0.149. The molecule has 0 saturated carbocycles. The van der Waals surface area contributed by atoms with Gasteiger partial charge in [0.2, 0.25) is 0 Å². The van der Waals surface area contributed by atoms with Crippen molar-refractivity contribution >= 4 is 22.8 Å². The Morgan fingerprint density at radius 2 is 2.04 bits per heavy atom. The summed E-state index contributed by atoms with van der Waals surface area (Å²) < 4.78 is 1.65. The molecule has 0 unspecified atom stereocenters. The fourth-order valence-corrected chi connectivity index (χ4v) is 3.62. The van der Waals surface area contributed by atoms with Gasteiger partial charge in [-0.25, -0.2) is 14.8 Å². The van der Waals surface area contributed by atoms with Crippen LogP contribution in [-0.4, -0.2) is 48.9 Å². The molecule has 26 heavy (non-hydrogen) atoms. The van der Waals surface area contributed by atoms with Crippen LogP contribution in [0.5, 0.6) is 0 Å². The van der Waals surface area contributed by atoms with Crippen LogP contribution in [0.15, 0.2) is 30.9 Å². The number of piperidine rings is 1. The standard InChI is InChI=1S/C18H22N6O2/c1-12(2)14-4-8-24(22-14)18(17(25)26)5-9-23(10-6-18)16-13-3-7-19-15(13)20-11-21-16/h3-4,7-8,11-12H,5-6,9-10H2,1-2H3,(H,25,26)(H,19,20,21). The second-order valence-corrected chi connectivity index (χ2v) is 7.10. The Labute approximate surface area is 150 Å². The normalized spacial score (nSPS) is 17.1. The zero-order valence-corrected chi connectivity index (χ0v) is 14.9. The van der Waals surface area contributed by atoms with Crippen molar-refractivity contribution in [3.05, 3.63) is 36.5 Å². The average Bonchev–Trinajstić information content (AvgIpc) is 3.31. The van der Waals surface area contributed by atoms with E-state index in [1.807, 2.05) is 18.3 Å². The van der Waals surface area contributed by atoms with E-state index in [-0.39, 0.29) is 5.92 Å². The monoisotopic (exact) mass is 354 g/mol. The Balaban J connectivity index is 1.62. The van der Waals surface area contributed by atoms with Crippen LogP contribution in [-0.2, 0) is 10.3 Å². The van der Waals surface area contributed by atoms with Gasteiger partial charge in [0, 0.05) is 38.3 Å². The summed E-state index contributed by atoms with van der Waals surface area (Å²) in [6, 6.07) is 3.86. The number of rotatable bonds is 4. The van der Waals surface area contributed by atoms with Crippen molar-refractivity contribution in [1.29, 1.82) is 0 Å². The first-order valence-corrected chi connectivity index (χ1v) is 8.84. The molecule has 0 atom stereocenters. The van der Waals surface area contributed by atoms with E-state index in [4.69, 9.17) is 0 Å². The zero-order valence-electron chi connectivity index (χ0n) is 14.9. The van der Waals surface area contributed by atoms with Gasteiger partial charge < -0.3 is 15.0 Å². The second kappa shape index (κ2) is 6.12. The Kier molecular flexibility index (Phi) is 3.90. The first-order valence-electron chi connectivity index (χ1n) is 8.84. The number of H-pyrrole nitrogens is 1. The van der Waals surface area contributed by atoms with Crippen LogP contribution < -0.4 is 4.90 Å². The number of aliphatic carboxylic acids is 1. The fraction of sp³-hybridized carbons (Fsp3) is 0.444. The molecular weight excluding hydrogens is 332 g/mol. The lowest BCUT2D eigenvalue weighted by atomic mass is 9.87. The van der Waals surface area contributed by atoms with Gasteiger partial charge in [-0.3, -0.25) is 4.68 Å². The summed E-state index contributed by atoms with van der Waals surface area (Å²) in [4.78, 5) is 26.0. The molecule has 8 nitrogen and oxygen atoms in total. The third-order valence-electron chi connectivity index (χ3n) is 5.26. The number of carboxylic acids is 1. The maximum Gasteiger partial charge on any atom is 0.331 e. The molecule has 2 N–H and O–H groups in total. The van der Waals surface area contributed by atoms with Gasteiger partial charge in [-0.2, -0.15) is 5.10 Å². The van der Waals surface area contributed by atoms with Gasteiger partial charge in [0.25, 0.3) is 0 Å². The molecule has 0 aromatic carbocycles. The third kappa shape index (κ3) is 2.53. The molecule has 136 valence electrons. The predicted octanol–water partition coefficient (Wildman–Crippen LogP) is 2.36. The lowest BCUT2D eigenvalue weighted by Crippen LogP contribution is -2.51. The number of nitrogens with one attached hydrogen (secondary N) is 1. The third-order valence-corrected chi connectivity index (χ3v) is 5.26. The van der Waals surface area contributed by atoms with Crippen molar-refractivity contribution in [3.8, 4) is 0 Å². The number of fused-ring (bicyclic) bond motifs is 1. The zero-order chi connectivity index (χ0) is 18.3. The van der Waals surface area contributed by atoms with Crippen molar-refractivity contribution in [2.24, 2.45) is 0 Å². The van der Waals surface area contributed by atoms with E-state index in [2.05, 4.69) is 38.8 Å². The smallest absolute Gasteiger partial charge is 0.331 e. The molecule has 1 aliphatic heterocycles. The van der Waals surface area contributed by atoms with E-state index < -0.39 is 11.5 Å². The largest absolute Gasteiger partial charge is 0.479 e. The first kappa shape index (κ1) is 16.6. The summed E-state index contributed by atoms with van der Waals surface area (Å²) in [5.41, 5.74) is 0.699. The minimum Gasteiger partial charge on any atom is -0.479 e. The Hall–Kier alpha value is -2.90. The lowest BCUT2D eigenvalue weighted by Gasteiger charge is -2.39. The molecule has 0 amide bonds. The van der Waals surface area contributed by atoms with Gasteiger partial charge in [0.15, 0.2) is 5.54 Å². The minimum absolute atomic E-state index is 0.269. The van der Waals surface area contributed by atoms with E-state index in [0.29, 0.717) is 25.9 Å². The van der Waals surface area contributed by atoms with E-state index in [1.165, 1.54) is 6.33 Å². The Bertz CT molecular complexity index is 936. The van der Waals surface area contributed by atoms with Gasteiger partial charge in [-0.15, -0.1) is 0 Å². The van der Waals surface area contributed by atoms with Crippen LogP contribution in [0.3, 0.4) is 0 Å². The van der Waals surface area contributed by atoms with E-state index >= 15 is 0 Å². The van der Waals surface area contributed by atoms with Crippen LogP contribution in [0.1, 0.15) is 38.3 Å². The van der Waals surface area contributed by atoms with Crippen LogP contribution in [0.2, 0.25) is 0 Å². The maximum atomic E-state index is 12.2. The average molecular weight is 354 g/mol. The van der Waals surface area contributed by atoms with Gasteiger partial charge in [-0.05, 0) is 18.1 Å². The predicted molar refractivity (Wildman–Crippen MR) is 97.3 cm³/mol. The molecule has 0 bridgehead atoms. The topological polar surface area (TPSA) is 99.9 Å². The van der Waals surface area contributed by atoms with Crippen molar-refractivity contribution in [3.63, 3.8) is 0 Å². The molecule has 1 saturated heterocycles. The number of hydrogen-bond acceptors (Lipinski definition) is 5. The van der Waals surface area contributed by atoms with Crippen LogP contribution in [0, 0.1) is 0 Å². The Morgan fingerprint density at radius 3 is 2.69 bits per heavy atom. The molecule has 0 radical (unpaired) electrons. The molecule has 0 aliphatic carbocycles. The fourth-order valence-electron chi connectivity index (χ4n) is 3.62. The van der Waals surface area contributed by atoms with Crippen LogP contribution in [0.4, 0.5) is 5.82 Å². The number of aromatic nitrogens is 5. The summed E-state index contributed by atoms with van der Waals surface area (Å²) in [5.74, 6) is 0.286. The van der Waals surface area contributed by atoms with Crippen molar-refractivity contribution in [2.45, 2.75) is 38.1 Å². The highest BCUT2D eigenvalue weighted by Crippen LogP contribution is 2.34. The number of hydrogen-bond donors (Lipinski definition) is 2. The molecule has 3 aromatic heterocycles. The summed E-state index contributed by atoms with van der Waals surface area (Å²) in [7, 11) is 0. The molecule has 1 fully saturated rings. The SMILES string of the molecule is CC(C)c1ccn(C2(C(=O)O)CCN(c3ncnc4[nH]ccc34)CC2)n1. The Morgan fingerprint density at radius 1 is 1.27 bits per heavy atom. The summed E-state index contributed by atoms with van der Waals surface area (Å²) in [6.07, 6.45) is 6.12. The van der Waals surface area contributed by atoms with Crippen LogP contribution in [0.25, 0.3) is 11.0 Å². The van der Waals surface area contributed by atoms with Crippen molar-refractivity contribution in [2.75, 3.05) is 18.0 Å². The highest BCUT2D eigenvalue weighted by molar-refractivity contribution is 5.87. The van der Waals surface area contributed by atoms with Crippen molar-refractivity contribution in [1.82, 2.24) is 24.7 Å². The summed E-state index contributed by atoms with van der Waals surface area (Å²) in [6.45, 7) is 5.31. The highest BCUT2D eigenvalue weighted by Gasteiger charge is 2.44. The van der Waals surface area contributed by atoms with Gasteiger partial charge in [0.1, 0.15) is 17.8 Å². The molecule has 8 heteroatoms. The second-order valence-electron chi connectivity index (χ2n) is 7.10. The molecule has 4 rings (SSSR count). The molecule has 1 aliphatic rings. The number of nitrogens with zero attached hydrogens (tertiary/aromatic N) is 5. The number of anilines is 1. The van der Waals surface area contributed by atoms with E-state index in [9.17, 15) is 9.90 Å². The first-order chi connectivity index (χ1) is 12.5. The quantitative estimate of drug-likeness (QED) is 0.746. The van der Waals surface area contributed by atoms with Gasteiger partial charge in [-0.1, -0.05) is 13.8 Å². The molecule has 4 heterocycles. The van der Waals surface area contributed by atoms with E-state index in [0.717, 1.165) is 22.5 Å². The van der Waals surface area contributed by atoms with Crippen LogP contribution >= 0.6 is 0 Å². The molecule has 0 spiro atoms. The van der Waals surface area contributed by atoms with Gasteiger partial charge in [0.05, 0.1) is 11.1 Å². The molecule has 3 aromatic rings. The van der Waals surface area contributed by atoms with Gasteiger partial charge >= 0.3 is 5.97 Å². The molecular formula is C18H22N6O2. The summed E-state index contributed by atoms with van der Waals surface area (Å²) in [5, 5.41) is 15.5.